The molecule has 0 saturated heterocycles. The zero-order valence-corrected chi connectivity index (χ0v) is 15.2. The maximum Gasteiger partial charge on any atom is 0.272 e. The van der Waals surface area contributed by atoms with Crippen molar-refractivity contribution in [3.05, 3.63) is 47.8 Å². The van der Waals surface area contributed by atoms with Crippen molar-refractivity contribution in [2.45, 2.75) is 26.2 Å². The lowest BCUT2D eigenvalue weighted by atomic mass is 10.1. The molecule has 0 aliphatic rings. The Labute approximate surface area is 149 Å². The molecule has 2 aromatic rings. The normalized spacial score (nSPS) is 10.4. The van der Waals surface area contributed by atoms with Crippen LogP contribution in [0.25, 0.3) is 0 Å². The summed E-state index contributed by atoms with van der Waals surface area (Å²) in [4.78, 5) is 22.6. The van der Waals surface area contributed by atoms with Crippen molar-refractivity contribution in [3.8, 4) is 5.75 Å². The summed E-state index contributed by atoms with van der Waals surface area (Å²) < 4.78 is 5.15. The predicted octanol–water partition coefficient (Wildman–Crippen LogP) is 3.01. The number of carbonyl (C=O) groups is 1. The van der Waals surface area contributed by atoms with Gasteiger partial charge in [0, 0.05) is 26.3 Å². The second kappa shape index (κ2) is 9.61. The van der Waals surface area contributed by atoms with E-state index in [1.807, 2.05) is 24.3 Å². The monoisotopic (exact) mass is 342 g/mol. The number of nitrogens with one attached hydrogen (secondary N) is 1. The van der Waals surface area contributed by atoms with Crippen molar-refractivity contribution < 1.29 is 9.53 Å². The van der Waals surface area contributed by atoms with Gasteiger partial charge in [-0.05, 0) is 36.6 Å². The van der Waals surface area contributed by atoms with Crippen LogP contribution in [0.5, 0.6) is 5.75 Å². The van der Waals surface area contributed by atoms with Crippen molar-refractivity contribution >= 4 is 11.9 Å². The number of amides is 1. The topological polar surface area (TPSA) is 67.4 Å². The van der Waals surface area contributed by atoms with Crippen molar-refractivity contribution in [1.29, 1.82) is 0 Å². The Morgan fingerprint density at radius 3 is 2.68 bits per heavy atom. The van der Waals surface area contributed by atoms with Gasteiger partial charge in [0.2, 0.25) is 5.95 Å². The number of nitrogens with zero attached hydrogens (tertiary/aromatic N) is 3. The number of hydrogen-bond acceptors (Lipinski definition) is 5. The van der Waals surface area contributed by atoms with E-state index in [0.29, 0.717) is 18.2 Å². The van der Waals surface area contributed by atoms with E-state index in [0.717, 1.165) is 31.6 Å². The smallest absolute Gasteiger partial charge is 0.272 e. The SMILES string of the molecule is CCCCN(C)C(=O)c1ccnc(NCCc2ccc(OC)cc2)n1. The summed E-state index contributed by atoms with van der Waals surface area (Å²) in [5.74, 6) is 1.25. The number of ether oxygens (including phenoxy) is 1. The van der Waals surface area contributed by atoms with E-state index in [2.05, 4.69) is 22.2 Å². The first-order valence-electron chi connectivity index (χ1n) is 8.59. The van der Waals surface area contributed by atoms with Gasteiger partial charge in [-0.25, -0.2) is 9.97 Å². The molecule has 0 aliphatic heterocycles. The van der Waals surface area contributed by atoms with Gasteiger partial charge in [0.15, 0.2) is 0 Å². The first kappa shape index (κ1) is 18.7. The van der Waals surface area contributed by atoms with Gasteiger partial charge in [-0.3, -0.25) is 4.79 Å². The quantitative estimate of drug-likeness (QED) is 0.759. The summed E-state index contributed by atoms with van der Waals surface area (Å²) in [6, 6.07) is 9.60. The van der Waals surface area contributed by atoms with Crippen molar-refractivity contribution in [2.24, 2.45) is 0 Å². The molecule has 0 fully saturated rings. The molecular weight excluding hydrogens is 316 g/mol. The summed E-state index contributed by atoms with van der Waals surface area (Å²) in [6.45, 7) is 3.53. The largest absolute Gasteiger partial charge is 0.497 e. The van der Waals surface area contributed by atoms with Crippen LogP contribution < -0.4 is 10.1 Å². The average molecular weight is 342 g/mol. The minimum absolute atomic E-state index is 0.0749. The molecule has 0 bridgehead atoms. The molecule has 6 nitrogen and oxygen atoms in total. The summed E-state index contributed by atoms with van der Waals surface area (Å²) >= 11 is 0. The maximum atomic E-state index is 12.4. The average Bonchev–Trinajstić information content (AvgIpc) is 2.66. The van der Waals surface area contributed by atoms with Crippen LogP contribution in [-0.4, -0.2) is 48.0 Å². The van der Waals surface area contributed by atoms with Crippen molar-refractivity contribution in [1.82, 2.24) is 14.9 Å². The van der Waals surface area contributed by atoms with Crippen LogP contribution in [0, 0.1) is 0 Å². The van der Waals surface area contributed by atoms with Crippen LogP contribution in [0.4, 0.5) is 5.95 Å². The van der Waals surface area contributed by atoms with Gasteiger partial charge in [0.25, 0.3) is 5.91 Å². The third-order valence-corrected chi connectivity index (χ3v) is 3.92. The van der Waals surface area contributed by atoms with Crippen LogP contribution in [-0.2, 0) is 6.42 Å². The number of methoxy groups -OCH3 is 1. The van der Waals surface area contributed by atoms with E-state index >= 15 is 0 Å². The fourth-order valence-electron chi connectivity index (χ4n) is 2.37. The minimum atomic E-state index is -0.0749. The molecule has 134 valence electrons. The van der Waals surface area contributed by atoms with Gasteiger partial charge in [0.1, 0.15) is 11.4 Å². The first-order chi connectivity index (χ1) is 12.1. The lowest BCUT2D eigenvalue weighted by molar-refractivity contribution is 0.0787. The summed E-state index contributed by atoms with van der Waals surface area (Å²) in [5, 5.41) is 3.17. The van der Waals surface area contributed by atoms with Crippen molar-refractivity contribution in [2.75, 3.05) is 32.6 Å². The molecule has 0 aliphatic carbocycles. The fourth-order valence-corrected chi connectivity index (χ4v) is 2.37. The molecule has 0 radical (unpaired) electrons. The molecule has 6 heteroatoms. The van der Waals surface area contributed by atoms with Crippen LogP contribution in [0.2, 0.25) is 0 Å². The Morgan fingerprint density at radius 2 is 2.00 bits per heavy atom. The highest BCUT2D eigenvalue weighted by Gasteiger charge is 2.13. The number of hydrogen-bond donors (Lipinski definition) is 1. The maximum absolute atomic E-state index is 12.4. The van der Waals surface area contributed by atoms with E-state index < -0.39 is 0 Å². The molecule has 0 unspecified atom stereocenters. The van der Waals surface area contributed by atoms with E-state index in [4.69, 9.17) is 4.74 Å². The highest BCUT2D eigenvalue weighted by atomic mass is 16.5. The van der Waals surface area contributed by atoms with Gasteiger partial charge in [0.05, 0.1) is 7.11 Å². The Hall–Kier alpha value is -2.63. The van der Waals surface area contributed by atoms with Gasteiger partial charge >= 0.3 is 0 Å². The molecule has 0 atom stereocenters. The lowest BCUT2D eigenvalue weighted by Gasteiger charge is -2.16. The summed E-state index contributed by atoms with van der Waals surface area (Å²) in [6.07, 6.45) is 4.49. The summed E-state index contributed by atoms with van der Waals surface area (Å²) in [5.41, 5.74) is 1.61. The molecular formula is C19H26N4O2. The highest BCUT2D eigenvalue weighted by Crippen LogP contribution is 2.12. The molecule has 25 heavy (non-hydrogen) atoms. The number of carbonyl (C=O) groups excluding carboxylic acids is 1. The van der Waals surface area contributed by atoms with Crippen LogP contribution >= 0.6 is 0 Å². The zero-order chi connectivity index (χ0) is 18.1. The second-order valence-electron chi connectivity index (χ2n) is 5.87. The number of anilines is 1. The second-order valence-corrected chi connectivity index (χ2v) is 5.87. The third kappa shape index (κ3) is 5.74. The van der Waals surface area contributed by atoms with Gasteiger partial charge in [-0.15, -0.1) is 0 Å². The van der Waals surface area contributed by atoms with Gasteiger partial charge < -0.3 is 15.0 Å². The molecule has 0 spiro atoms. The van der Waals surface area contributed by atoms with E-state index in [9.17, 15) is 4.79 Å². The third-order valence-electron chi connectivity index (χ3n) is 3.92. The Kier molecular flexibility index (Phi) is 7.19. The van der Waals surface area contributed by atoms with E-state index in [1.54, 1.807) is 31.3 Å². The minimum Gasteiger partial charge on any atom is -0.497 e. The van der Waals surface area contributed by atoms with Crippen LogP contribution in [0.1, 0.15) is 35.8 Å². The number of rotatable bonds is 9. The van der Waals surface area contributed by atoms with Crippen molar-refractivity contribution in [3.63, 3.8) is 0 Å². The Balaban J connectivity index is 1.88. The Bertz CT molecular complexity index is 673. The number of aromatic nitrogens is 2. The first-order valence-corrected chi connectivity index (χ1v) is 8.59. The highest BCUT2D eigenvalue weighted by molar-refractivity contribution is 5.92. The van der Waals surface area contributed by atoms with E-state index in [-0.39, 0.29) is 5.91 Å². The molecule has 1 N–H and O–H groups in total. The number of unbranched alkanes of at least 4 members (excludes halogenated alkanes) is 1. The van der Waals surface area contributed by atoms with Gasteiger partial charge in [-0.2, -0.15) is 0 Å². The summed E-state index contributed by atoms with van der Waals surface area (Å²) in [7, 11) is 3.46. The molecule has 0 saturated carbocycles. The van der Waals surface area contributed by atoms with E-state index in [1.165, 1.54) is 5.56 Å². The van der Waals surface area contributed by atoms with Crippen LogP contribution in [0.3, 0.4) is 0 Å². The van der Waals surface area contributed by atoms with Crippen LogP contribution in [0.15, 0.2) is 36.5 Å². The standard InChI is InChI=1S/C19H26N4O2/c1-4-5-14-23(2)18(24)17-11-13-21-19(22-17)20-12-10-15-6-8-16(25-3)9-7-15/h6-9,11,13H,4-5,10,12,14H2,1-3H3,(H,20,21,22). The molecule has 1 aromatic heterocycles. The Morgan fingerprint density at radius 1 is 1.24 bits per heavy atom. The van der Waals surface area contributed by atoms with Gasteiger partial charge in [-0.1, -0.05) is 25.5 Å². The predicted molar refractivity (Wildman–Crippen MR) is 99.1 cm³/mol. The lowest BCUT2D eigenvalue weighted by Crippen LogP contribution is -2.28. The molecule has 1 amide bonds. The fraction of sp³-hybridized carbons (Fsp3) is 0.421. The molecule has 1 heterocycles. The number of benzene rings is 1. The molecule has 1 aromatic carbocycles. The zero-order valence-electron chi connectivity index (χ0n) is 15.2. The molecule has 2 rings (SSSR count).